The summed E-state index contributed by atoms with van der Waals surface area (Å²) < 4.78 is 7.36. The first-order valence-corrected chi connectivity index (χ1v) is 11.6. The van der Waals surface area contributed by atoms with E-state index in [9.17, 15) is 9.59 Å². The van der Waals surface area contributed by atoms with Gasteiger partial charge in [-0.1, -0.05) is 0 Å². The molecule has 3 aromatic rings. The number of carbonyl (C=O) groups excluding carboxylic acids is 2. The molecular formula is C24H30N6O3. The standard InChI is InChI=1S/C24H30N6O3/c1-27-21-7-6-18(23(31)29-8-2-3-9-29)15-20(21)26-22(27)17-28-10-12-30(13-11-28)24(32)25-16-19-5-4-14-33-19/h4-7,14-15H,2-3,8-13,16-17H2,1H3,(H,25,32). The fourth-order valence-corrected chi connectivity index (χ4v) is 4.62. The second kappa shape index (κ2) is 9.27. The molecule has 0 radical (unpaired) electrons. The molecule has 33 heavy (non-hydrogen) atoms. The number of imidazole rings is 1. The molecule has 2 saturated heterocycles. The lowest BCUT2D eigenvalue weighted by Gasteiger charge is -2.34. The van der Waals surface area contributed by atoms with Crippen molar-refractivity contribution >= 4 is 23.0 Å². The predicted molar refractivity (Wildman–Crippen MR) is 124 cm³/mol. The molecule has 9 nitrogen and oxygen atoms in total. The molecule has 0 bridgehead atoms. The minimum atomic E-state index is -0.0658. The van der Waals surface area contributed by atoms with Crippen LogP contribution >= 0.6 is 0 Å². The zero-order valence-corrected chi connectivity index (χ0v) is 19.0. The fraction of sp³-hybridized carbons (Fsp3) is 0.458. The zero-order chi connectivity index (χ0) is 22.8. The fourth-order valence-electron chi connectivity index (χ4n) is 4.62. The number of rotatable bonds is 5. The Bertz CT molecular complexity index is 1120. The lowest BCUT2D eigenvalue weighted by Crippen LogP contribution is -2.51. The van der Waals surface area contributed by atoms with Crippen molar-refractivity contribution < 1.29 is 14.0 Å². The lowest BCUT2D eigenvalue weighted by atomic mass is 10.2. The number of furan rings is 1. The van der Waals surface area contributed by atoms with Crippen LogP contribution in [-0.4, -0.2) is 75.5 Å². The van der Waals surface area contributed by atoms with Crippen LogP contribution in [0.15, 0.2) is 41.0 Å². The number of nitrogens with one attached hydrogen (secondary N) is 1. The predicted octanol–water partition coefficient (Wildman–Crippen LogP) is 2.43. The van der Waals surface area contributed by atoms with E-state index in [0.29, 0.717) is 31.7 Å². The zero-order valence-electron chi connectivity index (χ0n) is 19.0. The third-order valence-corrected chi connectivity index (χ3v) is 6.63. The van der Waals surface area contributed by atoms with Gasteiger partial charge in [-0.3, -0.25) is 9.69 Å². The van der Waals surface area contributed by atoms with Crippen molar-refractivity contribution in [1.29, 1.82) is 0 Å². The highest BCUT2D eigenvalue weighted by molar-refractivity contribution is 5.97. The van der Waals surface area contributed by atoms with Gasteiger partial charge < -0.3 is 24.1 Å². The highest BCUT2D eigenvalue weighted by Gasteiger charge is 2.23. The van der Waals surface area contributed by atoms with Gasteiger partial charge in [-0.05, 0) is 43.2 Å². The third-order valence-electron chi connectivity index (χ3n) is 6.63. The van der Waals surface area contributed by atoms with E-state index in [1.165, 1.54) is 0 Å². The first-order chi connectivity index (χ1) is 16.1. The Hall–Kier alpha value is -3.33. The van der Waals surface area contributed by atoms with Gasteiger partial charge in [-0.2, -0.15) is 0 Å². The maximum Gasteiger partial charge on any atom is 0.317 e. The quantitative estimate of drug-likeness (QED) is 0.645. The number of carbonyl (C=O) groups is 2. The van der Waals surface area contributed by atoms with E-state index in [0.717, 1.165) is 61.6 Å². The second-order valence-electron chi connectivity index (χ2n) is 8.79. The van der Waals surface area contributed by atoms with Gasteiger partial charge in [0.1, 0.15) is 11.6 Å². The summed E-state index contributed by atoms with van der Waals surface area (Å²) in [5, 5.41) is 2.91. The van der Waals surface area contributed by atoms with Gasteiger partial charge in [0.2, 0.25) is 0 Å². The molecule has 2 aliphatic rings. The molecule has 0 aliphatic carbocycles. The molecule has 5 rings (SSSR count). The van der Waals surface area contributed by atoms with Crippen LogP contribution in [0.2, 0.25) is 0 Å². The van der Waals surface area contributed by atoms with Crippen molar-refractivity contribution in [2.75, 3.05) is 39.3 Å². The van der Waals surface area contributed by atoms with Crippen LogP contribution in [0.3, 0.4) is 0 Å². The molecule has 0 spiro atoms. The molecule has 2 aliphatic heterocycles. The molecule has 1 N–H and O–H groups in total. The van der Waals surface area contributed by atoms with Crippen molar-refractivity contribution in [3.63, 3.8) is 0 Å². The summed E-state index contributed by atoms with van der Waals surface area (Å²) in [4.78, 5) is 36.1. The third kappa shape index (κ3) is 4.59. The molecular weight excluding hydrogens is 420 g/mol. The van der Waals surface area contributed by atoms with Crippen molar-refractivity contribution in [1.82, 2.24) is 29.6 Å². The average molecular weight is 451 g/mol. The molecule has 3 amide bonds. The van der Waals surface area contributed by atoms with Crippen molar-refractivity contribution in [2.24, 2.45) is 7.05 Å². The van der Waals surface area contributed by atoms with Crippen molar-refractivity contribution in [3.8, 4) is 0 Å². The number of nitrogens with zero attached hydrogens (tertiary/aromatic N) is 5. The molecule has 0 atom stereocenters. The van der Waals surface area contributed by atoms with E-state index in [1.54, 1.807) is 6.26 Å². The molecule has 2 aromatic heterocycles. The van der Waals surface area contributed by atoms with Gasteiger partial charge >= 0.3 is 6.03 Å². The lowest BCUT2D eigenvalue weighted by molar-refractivity contribution is 0.0793. The van der Waals surface area contributed by atoms with Gasteiger partial charge in [0, 0.05) is 51.9 Å². The van der Waals surface area contributed by atoms with E-state index >= 15 is 0 Å². The van der Waals surface area contributed by atoms with Crippen LogP contribution in [0.25, 0.3) is 11.0 Å². The average Bonchev–Trinajstić information content (AvgIpc) is 3.60. The number of likely N-dealkylation sites (tertiary alicyclic amines) is 1. The van der Waals surface area contributed by atoms with E-state index in [4.69, 9.17) is 9.40 Å². The molecule has 174 valence electrons. The van der Waals surface area contributed by atoms with E-state index < -0.39 is 0 Å². The van der Waals surface area contributed by atoms with Gasteiger partial charge in [-0.25, -0.2) is 9.78 Å². The summed E-state index contributed by atoms with van der Waals surface area (Å²) in [5.74, 6) is 1.81. The number of hydrogen-bond acceptors (Lipinski definition) is 5. The first-order valence-electron chi connectivity index (χ1n) is 11.6. The Morgan fingerprint density at radius 3 is 2.55 bits per heavy atom. The number of amides is 3. The minimum absolute atomic E-state index is 0.0658. The van der Waals surface area contributed by atoms with Crippen molar-refractivity contribution in [2.45, 2.75) is 25.9 Å². The smallest absolute Gasteiger partial charge is 0.317 e. The summed E-state index contributed by atoms with van der Waals surface area (Å²) in [5.41, 5.74) is 2.59. The topological polar surface area (TPSA) is 86.8 Å². The van der Waals surface area contributed by atoms with Gasteiger partial charge in [-0.15, -0.1) is 0 Å². The number of fused-ring (bicyclic) bond motifs is 1. The SMILES string of the molecule is Cn1c(CN2CCN(C(=O)NCc3ccco3)CC2)nc2cc(C(=O)N3CCCC3)ccc21. The Morgan fingerprint density at radius 1 is 1.03 bits per heavy atom. The van der Waals surface area contributed by atoms with E-state index in [-0.39, 0.29) is 11.9 Å². The van der Waals surface area contributed by atoms with Crippen LogP contribution in [0.4, 0.5) is 4.79 Å². The van der Waals surface area contributed by atoms with Crippen LogP contribution < -0.4 is 5.32 Å². The summed E-state index contributed by atoms with van der Waals surface area (Å²) in [6, 6.07) is 9.42. The number of urea groups is 1. The Kier molecular flexibility index (Phi) is 6.04. The largest absolute Gasteiger partial charge is 0.467 e. The number of piperazine rings is 1. The van der Waals surface area contributed by atoms with E-state index in [2.05, 4.69) is 14.8 Å². The second-order valence-corrected chi connectivity index (χ2v) is 8.79. The molecule has 1 aromatic carbocycles. The molecule has 0 unspecified atom stereocenters. The van der Waals surface area contributed by atoms with Crippen LogP contribution in [0.5, 0.6) is 0 Å². The van der Waals surface area contributed by atoms with Crippen LogP contribution in [0.1, 0.15) is 34.8 Å². The molecule has 4 heterocycles. The van der Waals surface area contributed by atoms with E-state index in [1.807, 2.05) is 47.2 Å². The number of aryl methyl sites for hydroxylation is 1. The number of aromatic nitrogens is 2. The Morgan fingerprint density at radius 2 is 1.82 bits per heavy atom. The summed E-state index contributed by atoms with van der Waals surface area (Å²) >= 11 is 0. The van der Waals surface area contributed by atoms with Gasteiger partial charge in [0.25, 0.3) is 5.91 Å². The normalized spacial score (nSPS) is 17.1. The van der Waals surface area contributed by atoms with Crippen LogP contribution in [-0.2, 0) is 20.1 Å². The monoisotopic (exact) mass is 450 g/mol. The Labute approximate surface area is 192 Å². The number of hydrogen-bond donors (Lipinski definition) is 1. The maximum atomic E-state index is 12.7. The summed E-state index contributed by atoms with van der Waals surface area (Å²) in [6.45, 7) is 5.71. The highest BCUT2D eigenvalue weighted by Crippen LogP contribution is 2.21. The summed E-state index contributed by atoms with van der Waals surface area (Å²) in [7, 11) is 2.02. The minimum Gasteiger partial charge on any atom is -0.467 e. The Balaban J connectivity index is 1.18. The number of benzene rings is 1. The van der Waals surface area contributed by atoms with Gasteiger partial charge in [0.15, 0.2) is 0 Å². The van der Waals surface area contributed by atoms with Crippen LogP contribution in [0, 0.1) is 0 Å². The molecule has 9 heteroatoms. The molecule has 2 fully saturated rings. The first kappa shape index (κ1) is 21.5. The van der Waals surface area contributed by atoms with Gasteiger partial charge in [0.05, 0.1) is 30.4 Å². The van der Waals surface area contributed by atoms with Crippen molar-refractivity contribution in [3.05, 3.63) is 53.7 Å². The molecule has 0 saturated carbocycles. The highest BCUT2D eigenvalue weighted by atomic mass is 16.3. The maximum absolute atomic E-state index is 12.7. The summed E-state index contributed by atoms with van der Waals surface area (Å²) in [6.07, 6.45) is 3.77.